The van der Waals surface area contributed by atoms with Gasteiger partial charge in [0, 0.05) is 6.07 Å². The molecule has 0 heterocycles. The minimum atomic E-state index is 0.0850. The van der Waals surface area contributed by atoms with Crippen molar-refractivity contribution in [3.63, 3.8) is 0 Å². The smallest absolute Gasteiger partial charge is 0.292 e. The summed E-state index contributed by atoms with van der Waals surface area (Å²) in [4.78, 5) is 13.5. The van der Waals surface area contributed by atoms with Gasteiger partial charge < -0.3 is 9.47 Å². The van der Waals surface area contributed by atoms with Crippen molar-refractivity contribution in [2.24, 2.45) is 4.99 Å². The number of hydrogen-bond donors (Lipinski definition) is 0. The predicted octanol–water partition coefficient (Wildman–Crippen LogP) is 1.68. The quantitative estimate of drug-likeness (QED) is 0.434. The molecule has 0 atom stereocenters. The van der Waals surface area contributed by atoms with E-state index in [-0.39, 0.29) is 17.2 Å². The molecule has 0 aliphatic heterocycles. The molecule has 16 heavy (non-hydrogen) atoms. The van der Waals surface area contributed by atoms with E-state index in [2.05, 4.69) is 14.5 Å². The van der Waals surface area contributed by atoms with Crippen molar-refractivity contribution in [1.82, 2.24) is 0 Å². The fraction of sp³-hybridized carbons (Fsp3) is 0.100. The third-order valence-electron chi connectivity index (χ3n) is 1.71. The van der Waals surface area contributed by atoms with Crippen LogP contribution in [0.4, 0.5) is 5.69 Å². The SMILES string of the molecule is Cc1cc(OC#N)cc(N=C=O)c1OC#N. The Labute approximate surface area is 91.0 Å². The van der Waals surface area contributed by atoms with E-state index >= 15 is 0 Å². The van der Waals surface area contributed by atoms with Crippen molar-refractivity contribution in [2.45, 2.75) is 6.92 Å². The zero-order valence-corrected chi connectivity index (χ0v) is 8.22. The average molecular weight is 215 g/mol. The number of isocyanates is 1. The Bertz CT molecular complexity index is 533. The molecule has 0 saturated heterocycles. The van der Waals surface area contributed by atoms with Crippen molar-refractivity contribution < 1.29 is 14.3 Å². The van der Waals surface area contributed by atoms with Crippen molar-refractivity contribution >= 4 is 11.8 Å². The number of hydrogen-bond acceptors (Lipinski definition) is 6. The molecule has 1 aromatic rings. The largest absolute Gasteiger partial charge is 0.388 e. The number of aryl methyl sites for hydroxylation is 1. The standard InChI is InChI=1S/C10H5N3O3/c1-7-2-8(15-4-11)3-9(13-6-14)10(7)16-5-12/h2-3H,1H3. The van der Waals surface area contributed by atoms with Gasteiger partial charge in [-0.2, -0.15) is 4.99 Å². The molecule has 0 aliphatic rings. The maximum atomic E-state index is 10.2. The minimum Gasteiger partial charge on any atom is -0.388 e. The fourth-order valence-electron chi connectivity index (χ4n) is 1.15. The zero-order chi connectivity index (χ0) is 12.0. The van der Waals surface area contributed by atoms with Crippen molar-refractivity contribution in [3.8, 4) is 24.0 Å². The molecule has 6 nitrogen and oxygen atoms in total. The Balaban J connectivity index is 3.34. The minimum absolute atomic E-state index is 0.0850. The molecular weight excluding hydrogens is 210 g/mol. The third-order valence-corrected chi connectivity index (χ3v) is 1.71. The van der Waals surface area contributed by atoms with E-state index in [1.54, 1.807) is 6.92 Å². The summed E-state index contributed by atoms with van der Waals surface area (Å²) in [6, 6.07) is 2.79. The molecule has 0 unspecified atom stereocenters. The molecule has 0 amide bonds. The number of nitrogens with zero attached hydrogens (tertiary/aromatic N) is 3. The zero-order valence-electron chi connectivity index (χ0n) is 8.22. The molecule has 0 N–H and O–H groups in total. The van der Waals surface area contributed by atoms with Gasteiger partial charge in [0.2, 0.25) is 6.08 Å². The Kier molecular flexibility index (Phi) is 3.63. The Morgan fingerprint density at radius 1 is 1.25 bits per heavy atom. The highest BCUT2D eigenvalue weighted by atomic mass is 16.5. The molecule has 0 radical (unpaired) electrons. The van der Waals surface area contributed by atoms with E-state index in [4.69, 9.17) is 10.5 Å². The highest BCUT2D eigenvalue weighted by Gasteiger charge is 2.10. The van der Waals surface area contributed by atoms with Crippen LogP contribution in [-0.4, -0.2) is 6.08 Å². The lowest BCUT2D eigenvalue weighted by atomic mass is 10.2. The summed E-state index contributed by atoms with van der Waals surface area (Å²) in [5, 5.41) is 16.8. The van der Waals surface area contributed by atoms with Gasteiger partial charge in [-0.3, -0.25) is 0 Å². The van der Waals surface area contributed by atoms with Gasteiger partial charge >= 0.3 is 0 Å². The molecule has 0 saturated carbocycles. The van der Waals surface area contributed by atoms with E-state index in [0.29, 0.717) is 5.56 Å². The van der Waals surface area contributed by atoms with Gasteiger partial charge in [0.25, 0.3) is 12.5 Å². The van der Waals surface area contributed by atoms with E-state index in [9.17, 15) is 4.79 Å². The van der Waals surface area contributed by atoms with Gasteiger partial charge in [-0.25, -0.2) is 4.79 Å². The number of ether oxygens (including phenoxy) is 2. The Morgan fingerprint density at radius 3 is 2.50 bits per heavy atom. The van der Waals surface area contributed by atoms with Gasteiger partial charge in [-0.15, -0.1) is 10.5 Å². The van der Waals surface area contributed by atoms with Gasteiger partial charge in [-0.05, 0) is 18.6 Å². The van der Waals surface area contributed by atoms with Crippen LogP contribution in [0.25, 0.3) is 0 Å². The van der Waals surface area contributed by atoms with Crippen LogP contribution in [0.5, 0.6) is 11.5 Å². The van der Waals surface area contributed by atoms with Crippen LogP contribution >= 0.6 is 0 Å². The summed E-state index contributed by atoms with van der Waals surface area (Å²) in [6.45, 7) is 1.63. The summed E-state index contributed by atoms with van der Waals surface area (Å²) in [6.07, 6.45) is 4.29. The second-order valence-corrected chi connectivity index (χ2v) is 2.68. The van der Waals surface area contributed by atoms with Gasteiger partial charge in [0.15, 0.2) is 5.75 Å². The molecule has 1 aromatic carbocycles. The maximum absolute atomic E-state index is 10.2. The van der Waals surface area contributed by atoms with Gasteiger partial charge in [-0.1, -0.05) is 0 Å². The normalized spacial score (nSPS) is 8.19. The molecule has 0 aliphatic carbocycles. The second-order valence-electron chi connectivity index (χ2n) is 2.68. The number of benzene rings is 1. The van der Waals surface area contributed by atoms with Gasteiger partial charge in [0.1, 0.15) is 11.4 Å². The monoisotopic (exact) mass is 215 g/mol. The van der Waals surface area contributed by atoms with Crippen LogP contribution in [0, 0.1) is 30.0 Å². The summed E-state index contributed by atoms with van der Waals surface area (Å²) >= 11 is 0. The maximum Gasteiger partial charge on any atom is 0.292 e. The molecule has 0 spiro atoms. The summed E-state index contributed by atoms with van der Waals surface area (Å²) in [5.41, 5.74) is 0.602. The topological polar surface area (TPSA) is 95.5 Å². The number of nitriles is 2. The first-order valence-electron chi connectivity index (χ1n) is 4.07. The predicted molar refractivity (Wildman–Crippen MR) is 51.4 cm³/mol. The van der Waals surface area contributed by atoms with Crippen LogP contribution in [0.15, 0.2) is 17.1 Å². The van der Waals surface area contributed by atoms with Crippen molar-refractivity contribution in [1.29, 1.82) is 10.5 Å². The number of aliphatic imine (C=N–C) groups is 1. The molecule has 6 heteroatoms. The number of carbonyl (C=O) groups excluding carboxylic acids is 1. The highest BCUT2D eigenvalue weighted by Crippen LogP contribution is 2.35. The fourth-order valence-corrected chi connectivity index (χ4v) is 1.15. The first-order valence-corrected chi connectivity index (χ1v) is 4.07. The lowest BCUT2D eigenvalue weighted by molar-refractivity contribution is 0.491. The second kappa shape index (κ2) is 5.16. The first kappa shape index (κ1) is 11.3. The first-order chi connectivity index (χ1) is 7.72. The van der Waals surface area contributed by atoms with Crippen molar-refractivity contribution in [3.05, 3.63) is 17.7 Å². The lowest BCUT2D eigenvalue weighted by Gasteiger charge is -2.05. The molecule has 1 rings (SSSR count). The lowest BCUT2D eigenvalue weighted by Crippen LogP contribution is -1.90. The van der Waals surface area contributed by atoms with Crippen LogP contribution in [0.2, 0.25) is 0 Å². The number of rotatable bonds is 3. The molecule has 78 valence electrons. The van der Waals surface area contributed by atoms with Crippen LogP contribution in [0.3, 0.4) is 0 Å². The van der Waals surface area contributed by atoms with E-state index in [0.717, 1.165) is 0 Å². The van der Waals surface area contributed by atoms with E-state index in [1.807, 2.05) is 0 Å². The Morgan fingerprint density at radius 2 is 1.94 bits per heavy atom. The van der Waals surface area contributed by atoms with E-state index in [1.165, 1.54) is 30.7 Å². The van der Waals surface area contributed by atoms with Gasteiger partial charge in [0.05, 0.1) is 0 Å². The highest BCUT2D eigenvalue weighted by molar-refractivity contribution is 5.63. The summed E-state index contributed by atoms with van der Waals surface area (Å²) in [7, 11) is 0. The van der Waals surface area contributed by atoms with Crippen LogP contribution < -0.4 is 9.47 Å². The van der Waals surface area contributed by atoms with Crippen LogP contribution in [0.1, 0.15) is 5.56 Å². The third kappa shape index (κ3) is 2.36. The molecule has 0 aromatic heterocycles. The summed E-state index contributed by atoms with van der Waals surface area (Å²) in [5.74, 6) is 0.343. The van der Waals surface area contributed by atoms with Crippen LogP contribution in [-0.2, 0) is 4.79 Å². The molecule has 0 bridgehead atoms. The molecular formula is C10H5N3O3. The molecule has 0 fully saturated rings. The summed E-state index contributed by atoms with van der Waals surface area (Å²) < 4.78 is 9.23. The van der Waals surface area contributed by atoms with Crippen molar-refractivity contribution in [2.75, 3.05) is 0 Å². The average Bonchev–Trinajstić information content (AvgIpc) is 2.24. The Hall–Kier alpha value is -2.82. The van der Waals surface area contributed by atoms with E-state index < -0.39 is 0 Å².